The highest BCUT2D eigenvalue weighted by Crippen LogP contribution is 2.62. The molecule has 3 heteroatoms. The van der Waals surface area contributed by atoms with Gasteiger partial charge in [0, 0.05) is 17.6 Å². The fourth-order valence-electron chi connectivity index (χ4n) is 4.65. The molecule has 0 aromatic heterocycles. The van der Waals surface area contributed by atoms with Gasteiger partial charge in [-0.1, -0.05) is 33.3 Å². The topological polar surface area (TPSA) is 50.1 Å². The van der Waals surface area contributed by atoms with Crippen molar-refractivity contribution < 1.29 is 9.53 Å². The van der Waals surface area contributed by atoms with Crippen LogP contribution in [0.4, 0.5) is 0 Å². The van der Waals surface area contributed by atoms with Crippen LogP contribution in [0.3, 0.4) is 0 Å². The number of fused-ring (bicyclic) bond motifs is 3. The van der Waals surface area contributed by atoms with Crippen LogP contribution < -0.4 is 0 Å². The van der Waals surface area contributed by atoms with E-state index in [0.717, 1.165) is 24.8 Å². The second-order valence-electron chi connectivity index (χ2n) is 7.94. The van der Waals surface area contributed by atoms with Gasteiger partial charge in [-0.3, -0.25) is 0 Å². The van der Waals surface area contributed by atoms with Crippen LogP contribution in [0, 0.1) is 28.1 Å². The molecule has 0 N–H and O–H groups in total. The molecule has 2 aliphatic carbocycles. The van der Waals surface area contributed by atoms with E-state index in [1.807, 2.05) is 6.07 Å². The summed E-state index contributed by atoms with van der Waals surface area (Å²) in [5.41, 5.74) is 4.04. The fraction of sp³-hybridized carbons (Fsp3) is 0.600. The van der Waals surface area contributed by atoms with Crippen molar-refractivity contribution in [3.05, 3.63) is 34.9 Å². The Hall–Kier alpha value is -1.82. The molecular weight excluding hydrogens is 286 g/mol. The molecule has 0 spiro atoms. The van der Waals surface area contributed by atoms with E-state index in [9.17, 15) is 4.79 Å². The average molecular weight is 311 g/mol. The summed E-state index contributed by atoms with van der Waals surface area (Å²) in [5, 5.41) is 8.85. The summed E-state index contributed by atoms with van der Waals surface area (Å²) in [4.78, 5) is 12.2. The van der Waals surface area contributed by atoms with Gasteiger partial charge >= 0.3 is 5.97 Å². The number of esters is 1. The number of allylic oxidation sites excluding steroid dienone is 3. The number of hydrogen-bond donors (Lipinski definition) is 0. The lowest BCUT2D eigenvalue weighted by Crippen LogP contribution is -2.46. The van der Waals surface area contributed by atoms with E-state index in [1.54, 1.807) is 12.2 Å². The zero-order chi connectivity index (χ0) is 16.8. The minimum atomic E-state index is -0.347. The predicted molar refractivity (Wildman–Crippen MR) is 89.3 cm³/mol. The smallest absolute Gasteiger partial charge is 0.331 e. The Morgan fingerprint density at radius 2 is 2.09 bits per heavy atom. The molecule has 3 atom stereocenters. The first-order valence-corrected chi connectivity index (χ1v) is 8.55. The van der Waals surface area contributed by atoms with Crippen molar-refractivity contribution >= 4 is 5.97 Å². The number of nitriles is 1. The molecule has 1 saturated carbocycles. The molecule has 1 aliphatic heterocycles. The molecule has 3 nitrogen and oxygen atoms in total. The Morgan fingerprint density at radius 1 is 1.35 bits per heavy atom. The highest BCUT2D eigenvalue weighted by molar-refractivity contribution is 5.86. The third-order valence-corrected chi connectivity index (χ3v) is 6.13. The normalized spacial score (nSPS) is 36.6. The van der Waals surface area contributed by atoms with Crippen LogP contribution in [0.2, 0.25) is 0 Å². The summed E-state index contributed by atoms with van der Waals surface area (Å²) < 4.78 is 5.56. The number of carbonyl (C=O) groups is 1. The summed E-state index contributed by atoms with van der Waals surface area (Å²) in [7, 11) is 0. The highest BCUT2D eigenvalue weighted by Gasteiger charge is 2.53. The molecule has 0 amide bonds. The van der Waals surface area contributed by atoms with Gasteiger partial charge in [0.1, 0.15) is 6.10 Å². The summed E-state index contributed by atoms with van der Waals surface area (Å²) in [6.45, 7) is 9.02. The van der Waals surface area contributed by atoms with Gasteiger partial charge in [0.05, 0.1) is 6.07 Å². The Kier molecular flexibility index (Phi) is 3.75. The van der Waals surface area contributed by atoms with Crippen molar-refractivity contribution in [2.24, 2.45) is 16.7 Å². The van der Waals surface area contributed by atoms with Crippen molar-refractivity contribution in [1.82, 2.24) is 0 Å². The Morgan fingerprint density at radius 3 is 2.74 bits per heavy atom. The minimum absolute atomic E-state index is 0.187. The molecule has 0 unspecified atom stereocenters. The lowest BCUT2D eigenvalue weighted by molar-refractivity contribution is -0.148. The van der Waals surface area contributed by atoms with Gasteiger partial charge in [0.25, 0.3) is 0 Å². The van der Waals surface area contributed by atoms with E-state index < -0.39 is 0 Å². The van der Waals surface area contributed by atoms with Crippen LogP contribution in [0.15, 0.2) is 34.9 Å². The van der Waals surface area contributed by atoms with Crippen molar-refractivity contribution in [2.45, 2.75) is 59.5 Å². The van der Waals surface area contributed by atoms with Crippen molar-refractivity contribution in [2.75, 3.05) is 0 Å². The van der Waals surface area contributed by atoms with Gasteiger partial charge in [-0.2, -0.15) is 5.26 Å². The summed E-state index contributed by atoms with van der Waals surface area (Å²) >= 11 is 0. The number of carbonyl (C=O) groups excluding carboxylic acids is 1. The molecule has 3 rings (SSSR count). The quantitative estimate of drug-likeness (QED) is 0.558. The van der Waals surface area contributed by atoms with E-state index in [1.165, 1.54) is 23.6 Å². The van der Waals surface area contributed by atoms with Gasteiger partial charge in [0.15, 0.2) is 0 Å². The van der Waals surface area contributed by atoms with Crippen LogP contribution in [0.5, 0.6) is 0 Å². The first-order valence-electron chi connectivity index (χ1n) is 8.55. The fourth-order valence-corrected chi connectivity index (χ4v) is 4.65. The van der Waals surface area contributed by atoms with E-state index >= 15 is 0 Å². The van der Waals surface area contributed by atoms with Crippen LogP contribution in [0.25, 0.3) is 0 Å². The number of nitrogens with zero attached hydrogens (tertiary/aromatic N) is 1. The zero-order valence-corrected chi connectivity index (χ0v) is 14.5. The van der Waals surface area contributed by atoms with E-state index in [2.05, 4.69) is 27.7 Å². The first-order chi connectivity index (χ1) is 10.8. The zero-order valence-electron chi connectivity index (χ0n) is 14.5. The SMILES string of the molecule is CC(C)C1=C2C3=CC(=O)O[C@@H](/C=C/C#N)[C@]3(C)CC[C@@]2(C)CC1. The molecule has 0 aromatic rings. The van der Waals surface area contributed by atoms with Crippen molar-refractivity contribution in [3.63, 3.8) is 0 Å². The van der Waals surface area contributed by atoms with Crippen LogP contribution in [-0.4, -0.2) is 12.1 Å². The minimum Gasteiger partial charge on any atom is -0.454 e. The predicted octanol–water partition coefficient (Wildman–Crippen LogP) is 4.47. The molecular formula is C20H25NO2. The van der Waals surface area contributed by atoms with E-state index in [4.69, 9.17) is 10.00 Å². The van der Waals surface area contributed by atoms with Crippen molar-refractivity contribution in [1.29, 1.82) is 5.26 Å². The highest BCUT2D eigenvalue weighted by atomic mass is 16.5. The summed E-state index contributed by atoms with van der Waals surface area (Å²) in [6.07, 6.45) is 8.96. The van der Waals surface area contributed by atoms with Gasteiger partial charge in [-0.05, 0) is 54.2 Å². The van der Waals surface area contributed by atoms with Crippen molar-refractivity contribution in [3.8, 4) is 6.07 Å². The molecule has 0 aromatic carbocycles. The lowest BCUT2D eigenvalue weighted by atomic mass is 9.57. The maximum atomic E-state index is 12.2. The van der Waals surface area contributed by atoms with Gasteiger partial charge < -0.3 is 4.74 Å². The largest absolute Gasteiger partial charge is 0.454 e. The lowest BCUT2D eigenvalue weighted by Gasteiger charge is -2.50. The maximum absolute atomic E-state index is 12.2. The number of ether oxygens (including phenoxy) is 1. The first kappa shape index (κ1) is 16.1. The molecule has 0 radical (unpaired) electrons. The van der Waals surface area contributed by atoms with E-state index in [-0.39, 0.29) is 22.9 Å². The molecule has 0 saturated heterocycles. The van der Waals surface area contributed by atoms with Crippen LogP contribution >= 0.6 is 0 Å². The molecule has 1 heterocycles. The third kappa shape index (κ3) is 2.36. The molecule has 23 heavy (non-hydrogen) atoms. The summed E-state index contributed by atoms with van der Waals surface area (Å²) in [6, 6.07) is 2.02. The second kappa shape index (κ2) is 5.37. The number of hydrogen-bond acceptors (Lipinski definition) is 3. The van der Waals surface area contributed by atoms with Gasteiger partial charge in [-0.15, -0.1) is 0 Å². The Bertz CT molecular complexity index is 676. The average Bonchev–Trinajstić information content (AvgIpc) is 2.84. The second-order valence-corrected chi connectivity index (χ2v) is 7.94. The number of cyclic esters (lactones) is 1. The van der Waals surface area contributed by atoms with Crippen LogP contribution in [0.1, 0.15) is 53.4 Å². The Labute approximate surface area is 138 Å². The molecule has 1 fully saturated rings. The Balaban J connectivity index is 2.16. The molecule has 122 valence electrons. The molecule has 0 bridgehead atoms. The maximum Gasteiger partial charge on any atom is 0.331 e. The standard InChI is InChI=1S/C20H25NO2/c1-13(2)14-7-8-19(3)9-10-20(4)15(18(14)19)12-17(22)23-16(20)6-5-11-21/h5-6,12-13,16H,7-10H2,1-4H3/b6-5+/t16-,19+,20+/m0/s1. The van der Waals surface area contributed by atoms with Gasteiger partial charge in [-0.25, -0.2) is 4.79 Å². The number of rotatable bonds is 2. The summed E-state index contributed by atoms with van der Waals surface area (Å²) in [5.74, 6) is 0.220. The van der Waals surface area contributed by atoms with Crippen LogP contribution in [-0.2, 0) is 9.53 Å². The molecule has 3 aliphatic rings. The van der Waals surface area contributed by atoms with Gasteiger partial charge in [0.2, 0.25) is 0 Å². The monoisotopic (exact) mass is 311 g/mol. The third-order valence-electron chi connectivity index (χ3n) is 6.13. The van der Waals surface area contributed by atoms with E-state index in [0.29, 0.717) is 5.92 Å².